The zero-order valence-electron chi connectivity index (χ0n) is 29.9. The van der Waals surface area contributed by atoms with Crippen molar-refractivity contribution in [1.29, 1.82) is 0 Å². The maximum atomic E-state index is 14.0. The molecule has 1 aromatic heterocycles. The number of amides is 2. The van der Waals surface area contributed by atoms with Gasteiger partial charge in [0, 0.05) is 23.2 Å². The number of aliphatic hydroxyl groups is 2. The van der Waals surface area contributed by atoms with E-state index in [1.807, 2.05) is 38.1 Å². The van der Waals surface area contributed by atoms with Gasteiger partial charge in [0.15, 0.2) is 5.76 Å². The number of furan rings is 1. The second kappa shape index (κ2) is 15.6. The standard InChI is InChI=1S/C42H45F3N2O6/c1-28-8-6-21-40(2)36(34-19-15-30(24-32(48)16-12-28)25-35(34)38(49)37-11-7-23-52-37)20-22-41(40,51)27-47(39(50)46-31-9-4-3-5-10-31)26-29-13-17-33(18-14-29)53-42(43,44)45/h3-5,7-11,13-15,17-19,23,25,32,36,48,51H,6,12,16,20-22,24,26-27H2,1-2H3,(H,46,50)/t32-,36-,40-,41+/m0/s1. The summed E-state index contributed by atoms with van der Waals surface area (Å²) in [5, 5.41) is 26.7. The fourth-order valence-corrected chi connectivity index (χ4v) is 7.99. The van der Waals surface area contributed by atoms with Crippen LogP contribution in [0.2, 0.25) is 0 Å². The van der Waals surface area contributed by atoms with Gasteiger partial charge in [0.2, 0.25) is 5.78 Å². The van der Waals surface area contributed by atoms with Gasteiger partial charge >= 0.3 is 12.4 Å². The van der Waals surface area contributed by atoms with Gasteiger partial charge in [0.25, 0.3) is 0 Å². The summed E-state index contributed by atoms with van der Waals surface area (Å²) in [6, 6.07) is 22.7. The number of fused-ring (bicyclic) bond motifs is 8. The van der Waals surface area contributed by atoms with Crippen molar-refractivity contribution in [2.24, 2.45) is 5.41 Å². The first-order chi connectivity index (χ1) is 25.2. The van der Waals surface area contributed by atoms with Crippen molar-refractivity contribution in [2.45, 2.75) is 89.3 Å². The second-order valence-corrected chi connectivity index (χ2v) is 14.6. The van der Waals surface area contributed by atoms with E-state index < -0.39 is 29.5 Å². The maximum Gasteiger partial charge on any atom is 0.573 e. The minimum atomic E-state index is -4.84. The normalized spacial score (nSPS) is 23.4. The fourth-order valence-electron chi connectivity index (χ4n) is 7.99. The SMILES string of the molecule is CC1=CCC[C@@]2(C)[C@@H](CC[C@@]2(O)CN(Cc2ccc(OC(F)(F)F)cc2)C(=O)Nc2ccccc2)c2ccc(cc2C(=O)c2ccco2)C[C@@H](O)CC1. The number of nitrogens with zero attached hydrogens (tertiary/aromatic N) is 1. The van der Waals surface area contributed by atoms with Gasteiger partial charge in [0.1, 0.15) is 5.75 Å². The molecule has 1 fully saturated rings. The Morgan fingerprint density at radius 1 is 1.00 bits per heavy atom. The number of anilines is 1. The van der Waals surface area contributed by atoms with Crippen molar-refractivity contribution in [3.8, 4) is 5.75 Å². The third-order valence-electron chi connectivity index (χ3n) is 11.0. The number of carbonyl (C=O) groups excluding carboxylic acids is 2. The second-order valence-electron chi connectivity index (χ2n) is 14.6. The van der Waals surface area contributed by atoms with E-state index in [0.29, 0.717) is 61.8 Å². The lowest BCUT2D eigenvalue weighted by atomic mass is 9.64. The number of benzene rings is 3. The van der Waals surface area contributed by atoms with Crippen LogP contribution in [0.15, 0.2) is 107 Å². The number of nitrogens with one attached hydrogen (secondary N) is 1. The van der Waals surface area contributed by atoms with Crippen molar-refractivity contribution in [3.63, 3.8) is 0 Å². The van der Waals surface area contributed by atoms with Crippen LogP contribution >= 0.6 is 0 Å². The minimum absolute atomic E-state index is 0.00765. The molecule has 3 aliphatic rings. The lowest BCUT2D eigenvalue weighted by molar-refractivity contribution is -0.274. The first kappa shape index (κ1) is 37.9. The summed E-state index contributed by atoms with van der Waals surface area (Å²) < 4.78 is 48.2. The summed E-state index contributed by atoms with van der Waals surface area (Å²) in [5.41, 5.74) is 1.97. The predicted molar refractivity (Wildman–Crippen MR) is 195 cm³/mol. The van der Waals surface area contributed by atoms with E-state index >= 15 is 0 Å². The number of rotatable bonds is 8. The Bertz CT molecular complexity index is 1910. The molecule has 3 aromatic carbocycles. The van der Waals surface area contributed by atoms with Crippen LogP contribution in [0.4, 0.5) is 23.7 Å². The number of allylic oxidation sites excluding steroid dienone is 2. The van der Waals surface area contributed by atoms with Gasteiger partial charge in [0.05, 0.1) is 24.5 Å². The number of halogens is 3. The highest BCUT2D eigenvalue weighted by atomic mass is 19.4. The highest BCUT2D eigenvalue weighted by Crippen LogP contribution is 2.59. The van der Waals surface area contributed by atoms with E-state index in [-0.39, 0.29) is 36.3 Å². The lowest BCUT2D eigenvalue weighted by Crippen LogP contribution is -2.54. The molecule has 0 spiro atoms. The number of aliphatic hydroxyl groups excluding tert-OH is 1. The van der Waals surface area contributed by atoms with Crippen LogP contribution in [0.3, 0.4) is 0 Å². The first-order valence-corrected chi connectivity index (χ1v) is 18.0. The third-order valence-corrected chi connectivity index (χ3v) is 11.0. The molecule has 1 saturated carbocycles. The Morgan fingerprint density at radius 2 is 1.75 bits per heavy atom. The Kier molecular flexibility index (Phi) is 11.2. The van der Waals surface area contributed by atoms with Crippen LogP contribution in [0.25, 0.3) is 0 Å². The van der Waals surface area contributed by atoms with Gasteiger partial charge in [-0.25, -0.2) is 4.79 Å². The van der Waals surface area contributed by atoms with Gasteiger partial charge in [-0.05, 0) is 117 Å². The molecule has 11 heteroatoms. The van der Waals surface area contributed by atoms with Crippen molar-refractivity contribution < 1.29 is 42.1 Å². The molecule has 3 aliphatic carbocycles. The van der Waals surface area contributed by atoms with Gasteiger partial charge in [-0.3, -0.25) is 4.79 Å². The number of para-hydroxylation sites is 1. The van der Waals surface area contributed by atoms with Crippen molar-refractivity contribution in [3.05, 3.63) is 131 Å². The molecule has 8 nitrogen and oxygen atoms in total. The number of urea groups is 1. The minimum Gasteiger partial charge on any atom is -0.461 e. The summed E-state index contributed by atoms with van der Waals surface area (Å²) in [5.74, 6) is -0.776. The van der Waals surface area contributed by atoms with E-state index in [2.05, 4.69) is 16.1 Å². The quantitative estimate of drug-likeness (QED) is 0.123. The Morgan fingerprint density at radius 3 is 2.45 bits per heavy atom. The number of hydrogen-bond acceptors (Lipinski definition) is 6. The number of carbonyl (C=O) groups is 2. The number of ketones is 1. The molecule has 280 valence electrons. The molecule has 0 unspecified atom stereocenters. The summed E-state index contributed by atoms with van der Waals surface area (Å²) in [4.78, 5) is 29.5. The Hall–Kier alpha value is -4.87. The maximum absolute atomic E-state index is 14.0. The zero-order valence-corrected chi connectivity index (χ0v) is 29.9. The number of alkyl halides is 3. The highest BCUT2D eigenvalue weighted by Gasteiger charge is 2.57. The zero-order chi connectivity index (χ0) is 37.8. The van der Waals surface area contributed by atoms with E-state index in [0.717, 1.165) is 16.7 Å². The molecule has 4 aromatic rings. The van der Waals surface area contributed by atoms with Crippen molar-refractivity contribution in [2.75, 3.05) is 11.9 Å². The number of hydrogen-bond donors (Lipinski definition) is 3. The first-order valence-electron chi connectivity index (χ1n) is 18.0. The van der Waals surface area contributed by atoms with Gasteiger partial charge < -0.3 is 29.6 Å². The molecule has 0 radical (unpaired) electrons. The van der Waals surface area contributed by atoms with Crippen LogP contribution in [0, 0.1) is 5.41 Å². The average molecular weight is 731 g/mol. The molecule has 0 aliphatic heterocycles. The number of ether oxygens (including phenoxy) is 1. The largest absolute Gasteiger partial charge is 0.573 e. The van der Waals surface area contributed by atoms with Crippen molar-refractivity contribution >= 4 is 17.5 Å². The van der Waals surface area contributed by atoms with Crippen LogP contribution in [0.5, 0.6) is 5.75 Å². The topological polar surface area (TPSA) is 112 Å². The molecule has 7 rings (SSSR count). The van der Waals surface area contributed by atoms with Gasteiger partial charge in [-0.15, -0.1) is 13.2 Å². The van der Waals surface area contributed by atoms with Gasteiger partial charge in [-0.2, -0.15) is 0 Å². The Balaban J connectivity index is 1.39. The summed E-state index contributed by atoms with van der Waals surface area (Å²) in [6.45, 7) is 3.96. The van der Waals surface area contributed by atoms with Crippen LogP contribution < -0.4 is 10.1 Å². The summed E-state index contributed by atoms with van der Waals surface area (Å²) in [7, 11) is 0. The van der Waals surface area contributed by atoms with Crippen LogP contribution in [0.1, 0.15) is 91.1 Å². The van der Waals surface area contributed by atoms with E-state index in [4.69, 9.17) is 4.42 Å². The van der Waals surface area contributed by atoms with Gasteiger partial charge in [-0.1, -0.05) is 61.0 Å². The van der Waals surface area contributed by atoms with Crippen molar-refractivity contribution in [1.82, 2.24) is 4.90 Å². The average Bonchev–Trinajstić information content (AvgIpc) is 3.74. The molecule has 1 heterocycles. The molecule has 0 saturated heterocycles. The molecule has 2 bridgehead atoms. The summed E-state index contributed by atoms with van der Waals surface area (Å²) >= 11 is 0. The van der Waals surface area contributed by atoms with E-state index in [1.54, 1.807) is 36.4 Å². The lowest BCUT2D eigenvalue weighted by Gasteiger charge is -2.46. The highest BCUT2D eigenvalue weighted by molar-refractivity contribution is 6.08. The third kappa shape index (κ3) is 8.85. The van der Waals surface area contributed by atoms with E-state index in [9.17, 15) is 33.0 Å². The fraction of sp³-hybridized carbons (Fsp3) is 0.381. The molecule has 4 atom stereocenters. The monoisotopic (exact) mass is 730 g/mol. The molecular formula is C42H45F3N2O6. The molecule has 3 N–H and O–H groups in total. The predicted octanol–water partition coefficient (Wildman–Crippen LogP) is 9.18. The summed E-state index contributed by atoms with van der Waals surface area (Å²) in [6.07, 6.45) is 1.79. The molecule has 2 amide bonds. The van der Waals surface area contributed by atoms with Crippen LogP contribution in [-0.4, -0.2) is 51.5 Å². The van der Waals surface area contributed by atoms with E-state index in [1.165, 1.54) is 35.4 Å². The smallest absolute Gasteiger partial charge is 0.461 e. The Labute approximate surface area is 307 Å². The molecule has 53 heavy (non-hydrogen) atoms. The molecular weight excluding hydrogens is 685 g/mol. The van der Waals surface area contributed by atoms with Crippen LogP contribution in [-0.2, 0) is 13.0 Å².